The van der Waals surface area contributed by atoms with Gasteiger partial charge in [-0.1, -0.05) is 12.1 Å². The number of hydrogen-bond donors (Lipinski definition) is 2. The topological polar surface area (TPSA) is 98.5 Å². The van der Waals surface area contributed by atoms with E-state index in [1.807, 2.05) is 0 Å². The summed E-state index contributed by atoms with van der Waals surface area (Å²) in [6.07, 6.45) is 0.608. The summed E-state index contributed by atoms with van der Waals surface area (Å²) in [5.41, 5.74) is 6.12. The minimum absolute atomic E-state index is 0.202. The first-order valence-corrected chi connectivity index (χ1v) is 8.40. The second kappa shape index (κ2) is 6.44. The van der Waals surface area contributed by atoms with Crippen LogP contribution in [0.2, 0.25) is 0 Å². The first-order valence-electron chi connectivity index (χ1n) is 6.51. The van der Waals surface area contributed by atoms with Gasteiger partial charge < -0.3 is 15.8 Å². The van der Waals surface area contributed by atoms with Crippen LogP contribution in [0.15, 0.2) is 29.2 Å². The summed E-state index contributed by atoms with van der Waals surface area (Å²) in [4.78, 5) is 11.7. The number of hydrogen-bond acceptors (Lipinski definition) is 5. The zero-order valence-electron chi connectivity index (χ0n) is 12.7. The van der Waals surface area contributed by atoms with Crippen molar-refractivity contribution in [3.8, 4) is 0 Å². The van der Waals surface area contributed by atoms with Gasteiger partial charge in [-0.15, -0.1) is 0 Å². The number of carbonyl (C=O) groups excluding carboxylic acids is 1. The Hall–Kier alpha value is -1.60. The summed E-state index contributed by atoms with van der Waals surface area (Å²) in [5, 5.41) is 2.58. The molecule has 1 rings (SSSR count). The van der Waals surface area contributed by atoms with Gasteiger partial charge in [0.25, 0.3) is 0 Å². The molecule has 0 spiro atoms. The first kappa shape index (κ1) is 17.5. The lowest BCUT2D eigenvalue weighted by atomic mass is 10.1. The number of nitrogens with two attached hydrogens (primary N) is 1. The smallest absolute Gasteiger partial charge is 0.407 e. The molecule has 0 saturated heterocycles. The van der Waals surface area contributed by atoms with E-state index in [9.17, 15) is 13.2 Å². The van der Waals surface area contributed by atoms with E-state index < -0.39 is 27.6 Å². The van der Waals surface area contributed by atoms with Crippen molar-refractivity contribution < 1.29 is 17.9 Å². The van der Waals surface area contributed by atoms with E-state index in [2.05, 4.69) is 5.32 Å². The molecule has 118 valence electrons. The van der Waals surface area contributed by atoms with Crippen molar-refractivity contribution >= 4 is 15.9 Å². The Labute approximate surface area is 125 Å². The van der Waals surface area contributed by atoms with Crippen molar-refractivity contribution in [1.29, 1.82) is 0 Å². The number of alkyl carbamates (subject to hydrolysis) is 1. The molecule has 21 heavy (non-hydrogen) atoms. The van der Waals surface area contributed by atoms with E-state index in [4.69, 9.17) is 10.5 Å². The number of benzene rings is 1. The van der Waals surface area contributed by atoms with Gasteiger partial charge in [-0.3, -0.25) is 0 Å². The number of nitrogens with one attached hydrogen (secondary N) is 1. The highest BCUT2D eigenvalue weighted by Gasteiger charge is 2.17. The molecule has 0 bridgehead atoms. The number of sulfone groups is 1. The molecule has 1 unspecified atom stereocenters. The Balaban J connectivity index is 2.60. The number of amides is 1. The zero-order valence-corrected chi connectivity index (χ0v) is 13.5. The molecule has 0 aliphatic rings. The van der Waals surface area contributed by atoms with E-state index in [0.29, 0.717) is 0 Å². The molecule has 3 N–H and O–H groups in total. The molecule has 0 aliphatic heterocycles. The first-order chi connectivity index (χ1) is 9.49. The van der Waals surface area contributed by atoms with Crippen molar-refractivity contribution in [1.82, 2.24) is 5.32 Å². The summed E-state index contributed by atoms with van der Waals surface area (Å²) in [6, 6.07) is 5.83. The van der Waals surface area contributed by atoms with Gasteiger partial charge in [-0.2, -0.15) is 0 Å². The van der Waals surface area contributed by atoms with Crippen LogP contribution < -0.4 is 11.1 Å². The summed E-state index contributed by atoms with van der Waals surface area (Å²) in [6.45, 7) is 5.52. The second-order valence-electron chi connectivity index (χ2n) is 5.83. The molecule has 0 aliphatic carbocycles. The lowest BCUT2D eigenvalue weighted by molar-refractivity contribution is 0.0524. The largest absolute Gasteiger partial charge is 0.444 e. The van der Waals surface area contributed by atoms with Crippen molar-refractivity contribution in [2.75, 3.05) is 12.8 Å². The molecule has 0 fully saturated rings. The predicted molar refractivity (Wildman–Crippen MR) is 80.7 cm³/mol. The third-order valence-electron chi connectivity index (χ3n) is 2.60. The zero-order chi connectivity index (χ0) is 16.3. The summed E-state index contributed by atoms with van der Waals surface area (Å²) in [5.74, 6) is 0. The SMILES string of the molecule is CC(C)(C)OC(=O)NCC(N)c1ccc(S(C)(=O)=O)cc1. The summed E-state index contributed by atoms with van der Waals surface area (Å²) in [7, 11) is -3.22. The highest BCUT2D eigenvalue weighted by Crippen LogP contribution is 2.15. The quantitative estimate of drug-likeness (QED) is 0.880. The molecule has 0 radical (unpaired) electrons. The van der Waals surface area contributed by atoms with Crippen molar-refractivity contribution in [3.63, 3.8) is 0 Å². The van der Waals surface area contributed by atoms with Crippen LogP contribution in [0, 0.1) is 0 Å². The van der Waals surface area contributed by atoms with Crippen molar-refractivity contribution in [2.45, 2.75) is 37.3 Å². The lowest BCUT2D eigenvalue weighted by Gasteiger charge is -2.21. The number of rotatable bonds is 4. The van der Waals surface area contributed by atoms with Crippen LogP contribution in [0.5, 0.6) is 0 Å². The van der Waals surface area contributed by atoms with Gasteiger partial charge in [0.05, 0.1) is 4.90 Å². The molecular weight excluding hydrogens is 292 g/mol. The van der Waals surface area contributed by atoms with Crippen LogP contribution >= 0.6 is 0 Å². The van der Waals surface area contributed by atoms with E-state index in [1.165, 1.54) is 12.1 Å². The minimum atomic E-state index is -3.22. The van der Waals surface area contributed by atoms with Gasteiger partial charge in [0.15, 0.2) is 9.84 Å². The molecular formula is C14H22N2O4S. The molecule has 6 nitrogen and oxygen atoms in total. The number of carbonyl (C=O) groups is 1. The van der Waals surface area contributed by atoms with E-state index in [0.717, 1.165) is 11.8 Å². The third-order valence-corrected chi connectivity index (χ3v) is 3.73. The van der Waals surface area contributed by atoms with Gasteiger partial charge in [-0.25, -0.2) is 13.2 Å². The lowest BCUT2D eigenvalue weighted by Crippen LogP contribution is -2.36. The molecule has 0 aromatic heterocycles. The van der Waals surface area contributed by atoms with E-state index >= 15 is 0 Å². The monoisotopic (exact) mass is 314 g/mol. The Morgan fingerprint density at radius 1 is 1.29 bits per heavy atom. The highest BCUT2D eigenvalue weighted by atomic mass is 32.2. The van der Waals surface area contributed by atoms with Gasteiger partial charge >= 0.3 is 6.09 Å². The predicted octanol–water partition coefficient (Wildman–Crippen LogP) is 1.61. The van der Waals surface area contributed by atoms with Gasteiger partial charge in [0.2, 0.25) is 0 Å². The van der Waals surface area contributed by atoms with E-state index in [1.54, 1.807) is 32.9 Å². The molecule has 1 amide bonds. The average Bonchev–Trinajstić information content (AvgIpc) is 2.33. The van der Waals surface area contributed by atoms with Crippen LogP contribution in [0.1, 0.15) is 32.4 Å². The maximum atomic E-state index is 11.5. The molecule has 1 aromatic carbocycles. The van der Waals surface area contributed by atoms with Gasteiger partial charge in [0.1, 0.15) is 5.60 Å². The normalized spacial score (nSPS) is 13.6. The maximum Gasteiger partial charge on any atom is 0.407 e. The molecule has 7 heteroatoms. The van der Waals surface area contributed by atoms with Crippen LogP contribution in [0.25, 0.3) is 0 Å². The molecule has 0 saturated carbocycles. The molecule has 1 atom stereocenters. The standard InChI is InChI=1S/C14H22N2O4S/c1-14(2,3)20-13(17)16-9-12(15)10-5-7-11(8-6-10)21(4,18)19/h5-8,12H,9,15H2,1-4H3,(H,16,17). The second-order valence-corrected chi connectivity index (χ2v) is 7.85. The van der Waals surface area contributed by atoms with Gasteiger partial charge in [0, 0.05) is 18.8 Å². The third kappa shape index (κ3) is 6.14. The molecule has 0 heterocycles. The van der Waals surface area contributed by atoms with Crippen LogP contribution in [0.3, 0.4) is 0 Å². The van der Waals surface area contributed by atoms with Crippen molar-refractivity contribution in [3.05, 3.63) is 29.8 Å². The fourth-order valence-electron chi connectivity index (χ4n) is 1.59. The van der Waals surface area contributed by atoms with E-state index in [-0.39, 0.29) is 11.4 Å². The Bertz CT molecular complexity index is 588. The van der Waals surface area contributed by atoms with Crippen LogP contribution in [-0.2, 0) is 14.6 Å². The Morgan fingerprint density at radius 2 is 1.81 bits per heavy atom. The van der Waals surface area contributed by atoms with Crippen LogP contribution in [-0.4, -0.2) is 32.9 Å². The highest BCUT2D eigenvalue weighted by molar-refractivity contribution is 7.90. The number of ether oxygens (including phenoxy) is 1. The Kier molecular flexibility index (Phi) is 5.36. The van der Waals surface area contributed by atoms with Crippen molar-refractivity contribution in [2.24, 2.45) is 5.73 Å². The Morgan fingerprint density at radius 3 is 2.24 bits per heavy atom. The minimum Gasteiger partial charge on any atom is -0.444 e. The average molecular weight is 314 g/mol. The van der Waals surface area contributed by atoms with Gasteiger partial charge in [-0.05, 0) is 38.5 Å². The van der Waals surface area contributed by atoms with Crippen LogP contribution in [0.4, 0.5) is 4.79 Å². The maximum absolute atomic E-state index is 11.5. The fourth-order valence-corrected chi connectivity index (χ4v) is 2.22. The summed E-state index contributed by atoms with van der Waals surface area (Å²) < 4.78 is 27.8. The summed E-state index contributed by atoms with van der Waals surface area (Å²) >= 11 is 0. The molecule has 1 aromatic rings. The fraction of sp³-hybridized carbons (Fsp3) is 0.500.